The molecule has 2 rings (SSSR count). The van der Waals surface area contributed by atoms with Crippen LogP contribution in [0.2, 0.25) is 0 Å². The van der Waals surface area contributed by atoms with Gasteiger partial charge >= 0.3 is 0 Å². The number of benzene rings is 1. The van der Waals surface area contributed by atoms with Crippen LogP contribution in [0.3, 0.4) is 0 Å². The molecule has 1 heterocycles. The molecule has 1 aromatic carbocycles. The van der Waals surface area contributed by atoms with E-state index in [1.165, 1.54) is 6.07 Å². The normalized spacial score (nSPS) is 10.3. The number of nitrogens with zero attached hydrogens (tertiary/aromatic N) is 2. The third-order valence-corrected chi connectivity index (χ3v) is 3.10. The summed E-state index contributed by atoms with van der Waals surface area (Å²) in [4.78, 5) is 14.1. The summed E-state index contributed by atoms with van der Waals surface area (Å²) < 4.78 is 0. The molecule has 0 fully saturated rings. The number of hydrogen-bond acceptors (Lipinski definition) is 4. The van der Waals surface area contributed by atoms with Crippen molar-refractivity contribution in [2.45, 2.75) is 13.8 Å². The van der Waals surface area contributed by atoms with Crippen LogP contribution in [0.25, 0.3) is 0 Å². The minimum atomic E-state index is -0.259. The van der Waals surface area contributed by atoms with Crippen LogP contribution in [0, 0.1) is 0 Å². The summed E-state index contributed by atoms with van der Waals surface area (Å²) >= 11 is 0. The highest BCUT2D eigenvalue weighted by molar-refractivity contribution is 6.03. The molecular weight excluding hydrogens is 254 g/mol. The fraction of sp³-hybridized carbons (Fsp3) is 0.286. The van der Waals surface area contributed by atoms with E-state index in [0.717, 1.165) is 24.5 Å². The second-order valence-corrected chi connectivity index (χ2v) is 4.38. The van der Waals surface area contributed by atoms with Crippen LogP contribution >= 0.6 is 0 Å². The van der Waals surface area contributed by atoms with E-state index in [1.807, 2.05) is 24.3 Å². The van der Waals surface area contributed by atoms with Gasteiger partial charge in [-0.15, -0.1) is 0 Å². The number of H-pyrrole nitrogens is 1. The number of hydrogen-bond donors (Lipinski definition) is 3. The second-order valence-electron chi connectivity index (χ2n) is 4.38. The minimum absolute atomic E-state index is 0.259. The standard InChI is InChI=1S/C14H19N5O/c1-3-19(4-2)11-7-5-10(6-8-11)16-14(20)12-9-13(15)18-17-12/h5-9H,3-4H2,1-2H3,(H,16,20)(H3,15,17,18). The van der Waals surface area contributed by atoms with Gasteiger partial charge in [0.05, 0.1) is 0 Å². The molecule has 6 nitrogen and oxygen atoms in total. The van der Waals surface area contributed by atoms with E-state index in [2.05, 4.69) is 34.3 Å². The summed E-state index contributed by atoms with van der Waals surface area (Å²) in [7, 11) is 0. The topological polar surface area (TPSA) is 87.0 Å². The lowest BCUT2D eigenvalue weighted by Gasteiger charge is -2.21. The Bertz CT molecular complexity index is 572. The van der Waals surface area contributed by atoms with Gasteiger partial charge in [0.25, 0.3) is 5.91 Å². The van der Waals surface area contributed by atoms with Crippen LogP contribution in [0.1, 0.15) is 24.3 Å². The van der Waals surface area contributed by atoms with E-state index >= 15 is 0 Å². The van der Waals surface area contributed by atoms with Gasteiger partial charge in [0, 0.05) is 30.5 Å². The minimum Gasteiger partial charge on any atom is -0.382 e. The summed E-state index contributed by atoms with van der Waals surface area (Å²) in [5, 5.41) is 9.09. The molecule has 1 aromatic heterocycles. The van der Waals surface area contributed by atoms with Crippen molar-refractivity contribution in [2.24, 2.45) is 0 Å². The Balaban J connectivity index is 2.05. The van der Waals surface area contributed by atoms with Crippen molar-refractivity contribution in [2.75, 3.05) is 29.0 Å². The fourth-order valence-corrected chi connectivity index (χ4v) is 2.00. The molecule has 20 heavy (non-hydrogen) atoms. The predicted octanol–water partition coefficient (Wildman–Crippen LogP) is 2.09. The van der Waals surface area contributed by atoms with Crippen molar-refractivity contribution in [3.63, 3.8) is 0 Å². The molecule has 4 N–H and O–H groups in total. The van der Waals surface area contributed by atoms with Crippen LogP contribution in [-0.4, -0.2) is 29.2 Å². The van der Waals surface area contributed by atoms with Crippen LogP contribution in [-0.2, 0) is 0 Å². The lowest BCUT2D eigenvalue weighted by atomic mass is 10.2. The van der Waals surface area contributed by atoms with Gasteiger partial charge in [-0.05, 0) is 38.1 Å². The molecule has 106 valence electrons. The number of rotatable bonds is 5. The number of aromatic amines is 1. The lowest BCUT2D eigenvalue weighted by molar-refractivity contribution is 0.102. The monoisotopic (exact) mass is 273 g/mol. The first kappa shape index (κ1) is 13.9. The highest BCUT2D eigenvalue weighted by atomic mass is 16.1. The molecule has 6 heteroatoms. The molecule has 1 amide bonds. The highest BCUT2D eigenvalue weighted by Crippen LogP contribution is 2.18. The number of nitrogen functional groups attached to an aromatic ring is 1. The predicted molar refractivity (Wildman–Crippen MR) is 81.0 cm³/mol. The number of carbonyl (C=O) groups is 1. The van der Waals surface area contributed by atoms with Gasteiger partial charge in [0.2, 0.25) is 0 Å². The van der Waals surface area contributed by atoms with Crippen molar-refractivity contribution < 1.29 is 4.79 Å². The SMILES string of the molecule is CCN(CC)c1ccc(NC(=O)c2cc(N)n[nH]2)cc1. The zero-order valence-corrected chi connectivity index (χ0v) is 11.7. The smallest absolute Gasteiger partial charge is 0.273 e. The largest absolute Gasteiger partial charge is 0.382 e. The molecule has 0 aliphatic heterocycles. The zero-order valence-electron chi connectivity index (χ0n) is 11.7. The van der Waals surface area contributed by atoms with Gasteiger partial charge < -0.3 is 16.0 Å². The number of anilines is 3. The summed E-state index contributed by atoms with van der Waals surface area (Å²) in [5.74, 6) is 0.0387. The number of amides is 1. The fourth-order valence-electron chi connectivity index (χ4n) is 2.00. The molecule has 0 atom stereocenters. The first-order valence-electron chi connectivity index (χ1n) is 6.61. The highest BCUT2D eigenvalue weighted by Gasteiger charge is 2.09. The molecule has 0 saturated carbocycles. The van der Waals surface area contributed by atoms with Crippen LogP contribution in [0.4, 0.5) is 17.2 Å². The summed E-state index contributed by atoms with van der Waals surface area (Å²) in [6.07, 6.45) is 0. The maximum atomic E-state index is 11.9. The first-order valence-corrected chi connectivity index (χ1v) is 6.61. The van der Waals surface area contributed by atoms with E-state index in [1.54, 1.807) is 0 Å². The number of carbonyl (C=O) groups excluding carboxylic acids is 1. The van der Waals surface area contributed by atoms with Gasteiger partial charge in [-0.25, -0.2) is 0 Å². The Morgan fingerprint density at radius 1 is 1.30 bits per heavy atom. The van der Waals surface area contributed by atoms with Crippen molar-refractivity contribution >= 4 is 23.1 Å². The molecule has 0 aliphatic carbocycles. The molecular formula is C14H19N5O. The molecule has 0 unspecified atom stereocenters. The molecule has 0 saturated heterocycles. The van der Waals surface area contributed by atoms with Crippen molar-refractivity contribution in [3.8, 4) is 0 Å². The van der Waals surface area contributed by atoms with Crippen LogP contribution in [0.15, 0.2) is 30.3 Å². The number of nitrogens with one attached hydrogen (secondary N) is 2. The van der Waals surface area contributed by atoms with Crippen molar-refractivity contribution in [1.29, 1.82) is 0 Å². The molecule has 2 aromatic rings. The van der Waals surface area contributed by atoms with E-state index in [0.29, 0.717) is 11.5 Å². The average molecular weight is 273 g/mol. The van der Waals surface area contributed by atoms with Gasteiger partial charge in [0.15, 0.2) is 0 Å². The maximum Gasteiger partial charge on any atom is 0.273 e. The molecule has 0 radical (unpaired) electrons. The number of nitrogens with two attached hydrogens (primary N) is 1. The average Bonchev–Trinajstić information content (AvgIpc) is 2.89. The van der Waals surface area contributed by atoms with Gasteiger partial charge in [0.1, 0.15) is 11.5 Å². The first-order chi connectivity index (χ1) is 9.63. The Morgan fingerprint density at radius 2 is 1.95 bits per heavy atom. The van der Waals surface area contributed by atoms with Gasteiger partial charge in [-0.2, -0.15) is 5.10 Å². The Morgan fingerprint density at radius 3 is 2.45 bits per heavy atom. The van der Waals surface area contributed by atoms with Crippen LogP contribution in [0.5, 0.6) is 0 Å². The quantitative estimate of drug-likeness (QED) is 0.778. The Kier molecular flexibility index (Phi) is 4.24. The third kappa shape index (κ3) is 3.09. The molecule has 0 spiro atoms. The molecule has 0 aliphatic rings. The lowest BCUT2D eigenvalue weighted by Crippen LogP contribution is -2.21. The summed E-state index contributed by atoms with van der Waals surface area (Å²) in [5.41, 5.74) is 7.68. The Hall–Kier alpha value is -2.50. The van der Waals surface area contributed by atoms with E-state index in [-0.39, 0.29) is 5.91 Å². The Labute approximate surface area is 118 Å². The van der Waals surface area contributed by atoms with E-state index in [4.69, 9.17) is 5.73 Å². The van der Waals surface area contributed by atoms with Gasteiger partial charge in [-0.1, -0.05) is 0 Å². The van der Waals surface area contributed by atoms with Gasteiger partial charge in [-0.3, -0.25) is 9.89 Å². The van der Waals surface area contributed by atoms with E-state index < -0.39 is 0 Å². The zero-order chi connectivity index (χ0) is 14.5. The van der Waals surface area contributed by atoms with Crippen molar-refractivity contribution in [1.82, 2.24) is 10.2 Å². The summed E-state index contributed by atoms with van der Waals surface area (Å²) in [6, 6.07) is 9.24. The third-order valence-electron chi connectivity index (χ3n) is 3.10. The number of aromatic nitrogens is 2. The van der Waals surface area contributed by atoms with Crippen molar-refractivity contribution in [3.05, 3.63) is 36.0 Å². The summed E-state index contributed by atoms with van der Waals surface area (Å²) in [6.45, 7) is 6.13. The second kappa shape index (κ2) is 6.10. The van der Waals surface area contributed by atoms with E-state index in [9.17, 15) is 4.79 Å². The van der Waals surface area contributed by atoms with Crippen LogP contribution < -0.4 is 16.0 Å². The maximum absolute atomic E-state index is 11.9. The molecule has 0 bridgehead atoms.